The van der Waals surface area contributed by atoms with Crippen molar-refractivity contribution < 1.29 is 19.1 Å². The van der Waals surface area contributed by atoms with Gasteiger partial charge in [-0.3, -0.25) is 14.6 Å². The summed E-state index contributed by atoms with van der Waals surface area (Å²) < 4.78 is 10.6. The van der Waals surface area contributed by atoms with Crippen LogP contribution in [0.15, 0.2) is 72.7 Å². The van der Waals surface area contributed by atoms with Crippen LogP contribution in [0.5, 0.6) is 11.5 Å². The van der Waals surface area contributed by atoms with Crippen LogP contribution in [0.25, 0.3) is 6.08 Å². The first-order chi connectivity index (χ1) is 15.5. The van der Waals surface area contributed by atoms with Gasteiger partial charge in [-0.05, 0) is 59.7 Å². The van der Waals surface area contributed by atoms with E-state index in [1.807, 2.05) is 6.07 Å². The second-order valence-electron chi connectivity index (χ2n) is 6.68. The molecule has 0 aliphatic heterocycles. The molecule has 8 heteroatoms. The van der Waals surface area contributed by atoms with Gasteiger partial charge in [0.25, 0.3) is 11.8 Å². The highest BCUT2D eigenvalue weighted by Gasteiger charge is 2.15. The molecule has 3 rings (SSSR count). The van der Waals surface area contributed by atoms with E-state index in [4.69, 9.17) is 21.1 Å². The maximum Gasteiger partial charge on any atom is 0.268 e. The third-order valence-corrected chi connectivity index (χ3v) is 4.75. The number of nitrogens with zero attached hydrogens (tertiary/aromatic N) is 1. The van der Waals surface area contributed by atoms with Crippen molar-refractivity contribution in [3.63, 3.8) is 0 Å². The Kier molecular flexibility index (Phi) is 7.83. The number of benzene rings is 2. The van der Waals surface area contributed by atoms with E-state index in [1.54, 1.807) is 67.0 Å². The number of rotatable bonds is 8. The zero-order valence-corrected chi connectivity index (χ0v) is 18.3. The Labute approximate surface area is 191 Å². The molecule has 0 spiro atoms. The van der Waals surface area contributed by atoms with Gasteiger partial charge in [0.1, 0.15) is 5.70 Å². The molecule has 0 saturated carbocycles. The molecule has 0 aliphatic carbocycles. The molecular formula is C24H22ClN3O4. The lowest BCUT2D eigenvalue weighted by atomic mass is 10.1. The fourth-order valence-electron chi connectivity index (χ4n) is 2.84. The first-order valence-corrected chi connectivity index (χ1v) is 10.1. The van der Waals surface area contributed by atoms with Crippen LogP contribution in [-0.2, 0) is 11.3 Å². The van der Waals surface area contributed by atoms with Crippen molar-refractivity contribution in [3.8, 4) is 11.5 Å². The third kappa shape index (κ3) is 6.09. The Balaban J connectivity index is 1.87. The predicted molar refractivity (Wildman–Crippen MR) is 123 cm³/mol. The molecule has 0 saturated heterocycles. The van der Waals surface area contributed by atoms with Gasteiger partial charge in [0.2, 0.25) is 0 Å². The number of ether oxygens (including phenoxy) is 2. The number of halogens is 1. The van der Waals surface area contributed by atoms with Crippen molar-refractivity contribution in [2.45, 2.75) is 6.54 Å². The number of pyridine rings is 1. The van der Waals surface area contributed by atoms with Crippen LogP contribution in [0.1, 0.15) is 21.5 Å². The van der Waals surface area contributed by atoms with E-state index >= 15 is 0 Å². The predicted octanol–water partition coefficient (Wildman–Crippen LogP) is 3.84. The zero-order chi connectivity index (χ0) is 22.9. The first-order valence-electron chi connectivity index (χ1n) is 9.68. The SMILES string of the molecule is COc1ccc(/C=C(/NC(=O)c2ccc(Cl)cc2)C(=O)NCc2cccnc2)cc1OC. The highest BCUT2D eigenvalue weighted by atomic mass is 35.5. The summed E-state index contributed by atoms with van der Waals surface area (Å²) in [5, 5.41) is 5.99. The molecule has 2 aromatic carbocycles. The minimum absolute atomic E-state index is 0.0704. The molecule has 0 aliphatic rings. The standard InChI is InChI=1S/C24H22ClN3O4/c1-31-21-10-5-16(13-22(21)32-2)12-20(24(30)27-15-17-4-3-11-26-14-17)28-23(29)18-6-8-19(25)9-7-18/h3-14H,15H2,1-2H3,(H,27,30)(H,28,29)/b20-12+. The molecule has 1 heterocycles. The van der Waals surface area contributed by atoms with Gasteiger partial charge in [-0.15, -0.1) is 0 Å². The Hall–Kier alpha value is -3.84. The van der Waals surface area contributed by atoms with Gasteiger partial charge in [-0.1, -0.05) is 23.7 Å². The minimum atomic E-state index is -0.453. The average Bonchev–Trinajstić information content (AvgIpc) is 2.83. The average molecular weight is 452 g/mol. The highest BCUT2D eigenvalue weighted by molar-refractivity contribution is 6.30. The molecule has 1 aromatic heterocycles. The van der Waals surface area contributed by atoms with E-state index in [1.165, 1.54) is 14.2 Å². The normalized spacial score (nSPS) is 10.9. The monoisotopic (exact) mass is 451 g/mol. The van der Waals surface area contributed by atoms with Crippen LogP contribution in [0.2, 0.25) is 5.02 Å². The summed E-state index contributed by atoms with van der Waals surface area (Å²) in [6.07, 6.45) is 4.87. The lowest BCUT2D eigenvalue weighted by molar-refractivity contribution is -0.117. The van der Waals surface area contributed by atoms with Gasteiger partial charge in [0.05, 0.1) is 14.2 Å². The molecule has 32 heavy (non-hydrogen) atoms. The summed E-state index contributed by atoms with van der Waals surface area (Å²) in [6, 6.07) is 15.2. The van der Waals surface area contributed by atoms with Gasteiger partial charge >= 0.3 is 0 Å². The molecule has 0 bridgehead atoms. The van der Waals surface area contributed by atoms with Crippen molar-refractivity contribution in [2.75, 3.05) is 14.2 Å². The van der Waals surface area contributed by atoms with E-state index < -0.39 is 11.8 Å². The van der Waals surface area contributed by atoms with Gasteiger partial charge in [0, 0.05) is 29.5 Å². The van der Waals surface area contributed by atoms with E-state index in [9.17, 15) is 9.59 Å². The molecule has 0 fully saturated rings. The van der Waals surface area contributed by atoms with Crippen molar-refractivity contribution >= 4 is 29.5 Å². The number of aromatic nitrogens is 1. The van der Waals surface area contributed by atoms with Crippen molar-refractivity contribution in [3.05, 3.63) is 94.4 Å². The highest BCUT2D eigenvalue weighted by Crippen LogP contribution is 2.28. The fraction of sp³-hybridized carbons (Fsp3) is 0.125. The summed E-state index contributed by atoms with van der Waals surface area (Å²) in [5.41, 5.74) is 1.91. The summed E-state index contributed by atoms with van der Waals surface area (Å²) in [7, 11) is 3.06. The van der Waals surface area contributed by atoms with Crippen LogP contribution in [0.3, 0.4) is 0 Å². The Morgan fingerprint density at radius 2 is 1.78 bits per heavy atom. The third-order valence-electron chi connectivity index (χ3n) is 4.49. The number of carbonyl (C=O) groups excluding carboxylic acids is 2. The molecule has 0 radical (unpaired) electrons. The van der Waals surface area contributed by atoms with Crippen molar-refractivity contribution in [1.82, 2.24) is 15.6 Å². The van der Waals surface area contributed by atoms with Gasteiger partial charge in [-0.25, -0.2) is 0 Å². The van der Waals surface area contributed by atoms with Crippen LogP contribution >= 0.6 is 11.6 Å². The molecule has 164 valence electrons. The largest absolute Gasteiger partial charge is 0.493 e. The maximum absolute atomic E-state index is 12.9. The van der Waals surface area contributed by atoms with Gasteiger partial charge < -0.3 is 20.1 Å². The number of hydrogen-bond acceptors (Lipinski definition) is 5. The Morgan fingerprint density at radius 3 is 2.44 bits per heavy atom. The number of carbonyl (C=O) groups is 2. The molecule has 3 aromatic rings. The second-order valence-corrected chi connectivity index (χ2v) is 7.11. The van der Waals surface area contributed by atoms with Crippen LogP contribution in [-0.4, -0.2) is 31.0 Å². The van der Waals surface area contributed by atoms with Gasteiger partial charge in [0.15, 0.2) is 11.5 Å². The topological polar surface area (TPSA) is 89.5 Å². The minimum Gasteiger partial charge on any atom is -0.493 e. The first kappa shape index (κ1) is 22.8. The maximum atomic E-state index is 12.9. The molecule has 7 nitrogen and oxygen atoms in total. The second kappa shape index (κ2) is 11.0. The molecule has 2 N–H and O–H groups in total. The summed E-state index contributed by atoms with van der Waals surface area (Å²) >= 11 is 5.90. The van der Waals surface area contributed by atoms with E-state index in [-0.39, 0.29) is 12.2 Å². The van der Waals surface area contributed by atoms with Crippen LogP contribution in [0, 0.1) is 0 Å². The Bertz CT molecular complexity index is 1120. The summed E-state index contributed by atoms with van der Waals surface area (Å²) in [4.78, 5) is 29.7. The van der Waals surface area contributed by atoms with Crippen molar-refractivity contribution in [1.29, 1.82) is 0 Å². The molecular weight excluding hydrogens is 430 g/mol. The Morgan fingerprint density at radius 1 is 1.03 bits per heavy atom. The van der Waals surface area contributed by atoms with E-state index in [0.717, 1.165) is 5.56 Å². The number of methoxy groups -OCH3 is 2. The van der Waals surface area contributed by atoms with Crippen LogP contribution < -0.4 is 20.1 Å². The lowest BCUT2D eigenvalue weighted by Crippen LogP contribution is -2.34. The zero-order valence-electron chi connectivity index (χ0n) is 17.6. The van der Waals surface area contributed by atoms with E-state index in [2.05, 4.69) is 15.6 Å². The molecule has 0 unspecified atom stereocenters. The number of amides is 2. The number of hydrogen-bond donors (Lipinski definition) is 2. The van der Waals surface area contributed by atoms with Crippen molar-refractivity contribution in [2.24, 2.45) is 0 Å². The quantitative estimate of drug-likeness (QED) is 0.508. The van der Waals surface area contributed by atoms with E-state index in [0.29, 0.717) is 27.6 Å². The number of nitrogens with one attached hydrogen (secondary N) is 2. The fourth-order valence-corrected chi connectivity index (χ4v) is 2.97. The molecule has 0 atom stereocenters. The lowest BCUT2D eigenvalue weighted by Gasteiger charge is -2.12. The summed E-state index contributed by atoms with van der Waals surface area (Å²) in [5.74, 6) is 0.161. The molecule has 2 amide bonds. The smallest absolute Gasteiger partial charge is 0.268 e. The van der Waals surface area contributed by atoms with Gasteiger partial charge in [-0.2, -0.15) is 0 Å². The summed E-state index contributed by atoms with van der Waals surface area (Å²) in [6.45, 7) is 0.257. The van der Waals surface area contributed by atoms with Crippen LogP contribution in [0.4, 0.5) is 0 Å².